The maximum absolute atomic E-state index is 13.3. The molecule has 1 amide bonds. The lowest BCUT2D eigenvalue weighted by molar-refractivity contribution is -0.129. The van der Waals surface area contributed by atoms with Crippen LogP contribution in [-0.2, 0) is 11.3 Å². The molecule has 134 valence electrons. The minimum Gasteiger partial charge on any atom is -0.340 e. The molecule has 0 bridgehead atoms. The lowest BCUT2D eigenvalue weighted by Gasteiger charge is -2.21. The number of nitrogens with zero attached hydrogens (tertiary/aromatic N) is 2. The van der Waals surface area contributed by atoms with Gasteiger partial charge in [0.2, 0.25) is 5.91 Å². The smallest absolute Gasteiger partial charge is 0.235 e. The van der Waals surface area contributed by atoms with E-state index >= 15 is 0 Å². The van der Waals surface area contributed by atoms with Crippen LogP contribution >= 0.6 is 11.8 Å². The van der Waals surface area contributed by atoms with Gasteiger partial charge in [-0.05, 0) is 49.2 Å². The average molecular weight is 368 g/mol. The van der Waals surface area contributed by atoms with Gasteiger partial charge in [0, 0.05) is 19.0 Å². The summed E-state index contributed by atoms with van der Waals surface area (Å²) in [5.41, 5.74) is 2.85. The number of carbonyl (C=O) groups is 1. The van der Waals surface area contributed by atoms with Crippen LogP contribution in [0.25, 0.3) is 10.9 Å². The van der Waals surface area contributed by atoms with Crippen molar-refractivity contribution in [1.29, 1.82) is 0 Å². The highest BCUT2D eigenvalue weighted by Crippen LogP contribution is 2.27. The topological polar surface area (TPSA) is 33.2 Å². The quantitative estimate of drug-likeness (QED) is 0.605. The highest BCUT2D eigenvalue weighted by molar-refractivity contribution is 8.00. The predicted octanol–water partition coefficient (Wildman–Crippen LogP) is 4.82. The van der Waals surface area contributed by atoms with E-state index in [0.29, 0.717) is 6.54 Å². The Balaban J connectivity index is 1.70. The normalized spacial score (nSPS) is 12.2. The third kappa shape index (κ3) is 4.22. The van der Waals surface area contributed by atoms with Crippen LogP contribution in [0.3, 0.4) is 0 Å². The molecule has 1 heterocycles. The summed E-state index contributed by atoms with van der Waals surface area (Å²) in [6.07, 6.45) is 0. The molecule has 0 aliphatic carbocycles. The number of hydrogen-bond acceptors (Lipinski definition) is 3. The van der Waals surface area contributed by atoms with Gasteiger partial charge in [0.25, 0.3) is 0 Å². The fourth-order valence-electron chi connectivity index (χ4n) is 2.91. The van der Waals surface area contributed by atoms with E-state index in [2.05, 4.69) is 11.9 Å². The van der Waals surface area contributed by atoms with Crippen LogP contribution < -0.4 is 0 Å². The monoisotopic (exact) mass is 368 g/mol. The zero-order chi connectivity index (χ0) is 18.7. The molecule has 26 heavy (non-hydrogen) atoms. The van der Waals surface area contributed by atoms with Crippen LogP contribution in [0.15, 0.2) is 59.6 Å². The van der Waals surface area contributed by atoms with E-state index in [1.807, 2.05) is 43.3 Å². The molecule has 1 unspecified atom stereocenters. The SMILES string of the molecule is Cc1cc(SC(C)C(=O)N(C)Cc2cccc(F)c2)nc2ccccc12. The van der Waals surface area contributed by atoms with Gasteiger partial charge >= 0.3 is 0 Å². The first-order valence-electron chi connectivity index (χ1n) is 8.46. The number of halogens is 1. The van der Waals surface area contributed by atoms with Crippen LogP contribution in [0.4, 0.5) is 4.39 Å². The van der Waals surface area contributed by atoms with Crippen molar-refractivity contribution in [2.24, 2.45) is 0 Å². The van der Waals surface area contributed by atoms with E-state index < -0.39 is 0 Å². The van der Waals surface area contributed by atoms with E-state index in [0.717, 1.165) is 27.1 Å². The predicted molar refractivity (Wildman–Crippen MR) is 105 cm³/mol. The van der Waals surface area contributed by atoms with Crippen LogP contribution in [0.2, 0.25) is 0 Å². The molecular formula is C21H21FN2OS. The molecule has 3 aromatic rings. The molecule has 0 saturated carbocycles. The van der Waals surface area contributed by atoms with Crippen molar-refractivity contribution in [3.63, 3.8) is 0 Å². The van der Waals surface area contributed by atoms with Crippen molar-refractivity contribution in [3.8, 4) is 0 Å². The molecule has 1 aromatic heterocycles. The third-order valence-electron chi connectivity index (χ3n) is 4.23. The minimum absolute atomic E-state index is 0.00753. The Labute approximate surface area is 157 Å². The summed E-state index contributed by atoms with van der Waals surface area (Å²) in [6, 6.07) is 16.3. The highest BCUT2D eigenvalue weighted by atomic mass is 32.2. The number of benzene rings is 2. The summed E-state index contributed by atoms with van der Waals surface area (Å²) in [5, 5.41) is 1.68. The lowest BCUT2D eigenvalue weighted by atomic mass is 10.1. The lowest BCUT2D eigenvalue weighted by Crippen LogP contribution is -2.32. The summed E-state index contributed by atoms with van der Waals surface area (Å²) < 4.78 is 13.3. The van der Waals surface area contributed by atoms with Crippen molar-refractivity contribution < 1.29 is 9.18 Å². The summed E-state index contributed by atoms with van der Waals surface area (Å²) in [4.78, 5) is 19.0. The molecule has 3 nitrogen and oxygen atoms in total. The molecule has 5 heteroatoms. The van der Waals surface area contributed by atoms with Crippen LogP contribution in [0, 0.1) is 12.7 Å². The number of fused-ring (bicyclic) bond motifs is 1. The minimum atomic E-state index is -0.290. The summed E-state index contributed by atoms with van der Waals surface area (Å²) in [5.74, 6) is -0.298. The van der Waals surface area contributed by atoms with Gasteiger partial charge in [0.15, 0.2) is 0 Å². The molecule has 0 spiro atoms. The molecule has 1 atom stereocenters. The second kappa shape index (κ2) is 7.87. The standard InChI is InChI=1S/C21H21FN2OS/c1-14-11-20(23-19-10-5-4-9-18(14)19)26-15(2)21(25)24(3)13-16-7-6-8-17(22)12-16/h4-12,15H,13H2,1-3H3. The first-order valence-corrected chi connectivity index (χ1v) is 9.34. The number of aryl methyl sites for hydroxylation is 1. The molecule has 0 fully saturated rings. The Morgan fingerprint density at radius 3 is 2.73 bits per heavy atom. The summed E-state index contributed by atoms with van der Waals surface area (Å²) in [7, 11) is 1.74. The second-order valence-electron chi connectivity index (χ2n) is 6.38. The van der Waals surface area contributed by atoms with Gasteiger partial charge in [-0.1, -0.05) is 42.1 Å². The Hall–Kier alpha value is -2.40. The van der Waals surface area contributed by atoms with Gasteiger partial charge in [-0.15, -0.1) is 0 Å². The van der Waals surface area contributed by atoms with Crippen LogP contribution in [0.5, 0.6) is 0 Å². The fourth-order valence-corrected chi connectivity index (χ4v) is 3.95. The van der Waals surface area contributed by atoms with E-state index in [4.69, 9.17) is 0 Å². The van der Waals surface area contributed by atoms with Crippen LogP contribution in [-0.4, -0.2) is 28.1 Å². The number of pyridine rings is 1. The number of amides is 1. The number of aromatic nitrogens is 1. The van der Waals surface area contributed by atoms with E-state index in [1.54, 1.807) is 18.0 Å². The zero-order valence-corrected chi connectivity index (χ0v) is 15.9. The van der Waals surface area contributed by atoms with Crippen molar-refractivity contribution in [1.82, 2.24) is 9.88 Å². The molecular weight excluding hydrogens is 347 g/mol. The summed E-state index contributed by atoms with van der Waals surface area (Å²) in [6.45, 7) is 4.31. The number of carbonyl (C=O) groups excluding carboxylic acids is 1. The maximum Gasteiger partial charge on any atom is 0.235 e. The zero-order valence-electron chi connectivity index (χ0n) is 15.1. The van der Waals surface area contributed by atoms with Gasteiger partial charge < -0.3 is 4.90 Å². The van der Waals surface area contributed by atoms with Gasteiger partial charge in [0.05, 0.1) is 15.8 Å². The van der Waals surface area contributed by atoms with Gasteiger partial charge in [-0.2, -0.15) is 0 Å². The maximum atomic E-state index is 13.3. The Bertz CT molecular complexity index is 944. The average Bonchev–Trinajstić information content (AvgIpc) is 2.61. The Kier molecular flexibility index (Phi) is 5.57. The second-order valence-corrected chi connectivity index (χ2v) is 7.74. The molecule has 0 saturated heterocycles. The number of hydrogen-bond donors (Lipinski definition) is 0. The molecule has 0 aliphatic rings. The van der Waals surface area contributed by atoms with Crippen molar-refractivity contribution in [2.45, 2.75) is 30.7 Å². The van der Waals surface area contributed by atoms with Gasteiger partial charge in [-0.3, -0.25) is 4.79 Å². The van der Waals surface area contributed by atoms with E-state index in [1.165, 1.54) is 23.9 Å². The number of thioether (sulfide) groups is 1. The number of rotatable bonds is 5. The first kappa shape index (κ1) is 18.4. The first-order chi connectivity index (χ1) is 12.4. The molecule has 0 radical (unpaired) electrons. The third-order valence-corrected chi connectivity index (χ3v) is 5.24. The van der Waals surface area contributed by atoms with Gasteiger partial charge in [-0.25, -0.2) is 9.37 Å². The molecule has 3 rings (SSSR count). The molecule has 0 N–H and O–H groups in total. The van der Waals surface area contributed by atoms with Crippen molar-refractivity contribution in [2.75, 3.05) is 7.05 Å². The summed E-state index contributed by atoms with van der Waals surface area (Å²) >= 11 is 1.45. The Morgan fingerprint density at radius 1 is 1.19 bits per heavy atom. The highest BCUT2D eigenvalue weighted by Gasteiger charge is 2.20. The van der Waals surface area contributed by atoms with Crippen molar-refractivity contribution >= 4 is 28.6 Å². The Morgan fingerprint density at radius 2 is 1.96 bits per heavy atom. The largest absolute Gasteiger partial charge is 0.340 e. The molecule has 2 aromatic carbocycles. The van der Waals surface area contributed by atoms with Gasteiger partial charge in [0.1, 0.15) is 5.82 Å². The van der Waals surface area contributed by atoms with E-state index in [9.17, 15) is 9.18 Å². The van der Waals surface area contributed by atoms with Crippen molar-refractivity contribution in [3.05, 3.63) is 71.5 Å². The van der Waals surface area contributed by atoms with E-state index in [-0.39, 0.29) is 17.0 Å². The number of para-hydroxylation sites is 1. The van der Waals surface area contributed by atoms with Crippen LogP contribution in [0.1, 0.15) is 18.1 Å². The molecule has 0 aliphatic heterocycles. The fraction of sp³-hybridized carbons (Fsp3) is 0.238.